The second-order valence-corrected chi connectivity index (χ2v) is 24.1. The predicted molar refractivity (Wildman–Crippen MR) is 353 cm³/mol. The Hall–Kier alpha value is -2.89. The number of ether oxygens (including phenoxy) is 3. The van der Waals surface area contributed by atoms with Crippen LogP contribution < -0.4 is 0 Å². The van der Waals surface area contributed by atoms with Gasteiger partial charge >= 0.3 is 17.9 Å². The molecule has 0 aromatic heterocycles. The molecule has 0 amide bonds. The number of esters is 3. The lowest BCUT2D eigenvalue weighted by Crippen LogP contribution is -2.30. The number of allylic oxidation sites excluding steroid dienone is 10. The molecule has 0 aliphatic heterocycles. The summed E-state index contributed by atoms with van der Waals surface area (Å²) in [6, 6.07) is 0. The lowest BCUT2D eigenvalue weighted by Gasteiger charge is -2.18. The van der Waals surface area contributed by atoms with Gasteiger partial charge < -0.3 is 14.2 Å². The van der Waals surface area contributed by atoms with E-state index < -0.39 is 6.10 Å². The minimum Gasteiger partial charge on any atom is -0.462 e. The van der Waals surface area contributed by atoms with Gasteiger partial charge in [-0.25, -0.2) is 0 Å². The average molecular weight is 1130 g/mol. The van der Waals surface area contributed by atoms with Gasteiger partial charge in [0.15, 0.2) is 6.10 Å². The van der Waals surface area contributed by atoms with Crippen LogP contribution in [0.4, 0.5) is 0 Å². The van der Waals surface area contributed by atoms with Crippen molar-refractivity contribution < 1.29 is 28.6 Å². The van der Waals surface area contributed by atoms with Gasteiger partial charge in [0.2, 0.25) is 0 Å². The molecule has 0 rings (SSSR count). The lowest BCUT2D eigenvalue weighted by molar-refractivity contribution is -0.167. The molecule has 0 aromatic rings. The summed E-state index contributed by atoms with van der Waals surface area (Å²) in [6.07, 6.45) is 89.7. The normalized spacial score (nSPS) is 12.4. The maximum atomic E-state index is 13.0. The highest BCUT2D eigenvalue weighted by molar-refractivity contribution is 5.71. The fourth-order valence-electron chi connectivity index (χ4n) is 10.7. The van der Waals surface area contributed by atoms with Crippen molar-refractivity contribution in [1.82, 2.24) is 0 Å². The standard InChI is InChI=1S/C75H136O6/c1-4-7-10-13-16-19-22-25-28-31-33-34-35-36-37-38-39-40-42-44-47-50-53-56-59-62-65-68-74(77)80-71-72(70-79-73(76)67-64-61-58-55-52-49-46-43-30-27-24-21-18-15-12-9-6-3)81-75(78)69-66-63-60-57-54-51-48-45-41-32-29-26-23-20-17-14-11-8-5-2/h9,12,17-18,20-21,26-27,29-30,72H,4-8,10-11,13-16,19,22-25,28,31-71H2,1-3H3/b12-9-,20-17-,21-18-,29-26-,30-27-. The van der Waals surface area contributed by atoms with Crippen LogP contribution in [0.15, 0.2) is 60.8 Å². The summed E-state index contributed by atoms with van der Waals surface area (Å²) >= 11 is 0. The summed E-state index contributed by atoms with van der Waals surface area (Å²) < 4.78 is 17.0. The van der Waals surface area contributed by atoms with Crippen molar-refractivity contribution in [2.75, 3.05) is 13.2 Å². The van der Waals surface area contributed by atoms with Crippen LogP contribution in [-0.4, -0.2) is 37.2 Å². The van der Waals surface area contributed by atoms with Crippen molar-refractivity contribution in [3.8, 4) is 0 Å². The Morgan fingerprint density at radius 1 is 0.259 bits per heavy atom. The topological polar surface area (TPSA) is 78.9 Å². The number of carbonyl (C=O) groups excluding carboxylic acids is 3. The summed E-state index contributed by atoms with van der Waals surface area (Å²) in [5.74, 6) is -0.866. The van der Waals surface area contributed by atoms with E-state index in [1.807, 2.05) is 0 Å². The quantitative estimate of drug-likeness (QED) is 0.0261. The molecule has 472 valence electrons. The number of rotatable bonds is 66. The summed E-state index contributed by atoms with van der Waals surface area (Å²) in [7, 11) is 0. The van der Waals surface area contributed by atoms with Crippen LogP contribution in [0, 0.1) is 0 Å². The van der Waals surface area contributed by atoms with E-state index in [1.54, 1.807) is 0 Å². The molecule has 0 bridgehead atoms. The molecule has 1 atom stereocenters. The third-order valence-corrected chi connectivity index (χ3v) is 16.0. The Morgan fingerprint density at radius 3 is 0.778 bits per heavy atom. The Kier molecular flexibility index (Phi) is 67.1. The lowest BCUT2D eigenvalue weighted by atomic mass is 10.0. The number of hydrogen-bond acceptors (Lipinski definition) is 6. The molecule has 81 heavy (non-hydrogen) atoms. The second kappa shape index (κ2) is 69.6. The van der Waals surface area contributed by atoms with Crippen molar-refractivity contribution in [3.05, 3.63) is 60.8 Å². The molecule has 6 heteroatoms. The zero-order chi connectivity index (χ0) is 58.5. The van der Waals surface area contributed by atoms with Gasteiger partial charge in [0.25, 0.3) is 0 Å². The van der Waals surface area contributed by atoms with Crippen molar-refractivity contribution in [2.24, 2.45) is 0 Å². The highest BCUT2D eigenvalue weighted by Gasteiger charge is 2.19. The molecule has 0 radical (unpaired) electrons. The minimum absolute atomic E-state index is 0.0754. The Labute approximate surface area is 504 Å². The fourth-order valence-corrected chi connectivity index (χ4v) is 10.7. The van der Waals surface area contributed by atoms with E-state index in [-0.39, 0.29) is 31.1 Å². The minimum atomic E-state index is -0.781. The summed E-state index contributed by atoms with van der Waals surface area (Å²) in [4.78, 5) is 38.5. The molecule has 0 saturated heterocycles. The maximum absolute atomic E-state index is 13.0. The first-order chi connectivity index (χ1) is 40.0. The summed E-state index contributed by atoms with van der Waals surface area (Å²) in [6.45, 7) is 6.56. The third-order valence-electron chi connectivity index (χ3n) is 16.0. The molecule has 6 nitrogen and oxygen atoms in total. The zero-order valence-corrected chi connectivity index (χ0v) is 54.3. The van der Waals surface area contributed by atoms with Crippen LogP contribution in [0.5, 0.6) is 0 Å². The van der Waals surface area contributed by atoms with E-state index >= 15 is 0 Å². The summed E-state index contributed by atoms with van der Waals surface area (Å²) in [5.41, 5.74) is 0. The summed E-state index contributed by atoms with van der Waals surface area (Å²) in [5, 5.41) is 0. The van der Waals surface area contributed by atoms with Gasteiger partial charge in [-0.15, -0.1) is 0 Å². The Bertz CT molecular complexity index is 1440. The van der Waals surface area contributed by atoms with E-state index in [4.69, 9.17) is 14.2 Å². The van der Waals surface area contributed by atoms with Crippen LogP contribution in [0.3, 0.4) is 0 Å². The molecule has 0 spiro atoms. The molecule has 0 heterocycles. The number of hydrogen-bond donors (Lipinski definition) is 0. The van der Waals surface area contributed by atoms with Gasteiger partial charge in [-0.3, -0.25) is 14.4 Å². The molecule has 1 unspecified atom stereocenters. The van der Waals surface area contributed by atoms with Gasteiger partial charge in [-0.2, -0.15) is 0 Å². The van der Waals surface area contributed by atoms with Crippen LogP contribution in [0.1, 0.15) is 380 Å². The second-order valence-electron chi connectivity index (χ2n) is 24.1. The molecular formula is C75H136O6. The van der Waals surface area contributed by atoms with Gasteiger partial charge in [0, 0.05) is 19.3 Å². The molecule has 0 fully saturated rings. The Morgan fingerprint density at radius 2 is 0.481 bits per heavy atom. The number of carbonyl (C=O) groups is 3. The first-order valence-electron chi connectivity index (χ1n) is 35.8. The average Bonchev–Trinajstić information content (AvgIpc) is 3.47. The zero-order valence-electron chi connectivity index (χ0n) is 54.3. The highest BCUT2D eigenvalue weighted by atomic mass is 16.6. The van der Waals surface area contributed by atoms with Gasteiger partial charge in [0.05, 0.1) is 0 Å². The molecule has 0 saturated carbocycles. The highest BCUT2D eigenvalue weighted by Crippen LogP contribution is 2.18. The predicted octanol–water partition coefficient (Wildman–Crippen LogP) is 24.7. The van der Waals surface area contributed by atoms with Crippen LogP contribution >= 0.6 is 0 Å². The maximum Gasteiger partial charge on any atom is 0.306 e. The van der Waals surface area contributed by atoms with E-state index in [9.17, 15) is 14.4 Å². The van der Waals surface area contributed by atoms with Crippen molar-refractivity contribution in [3.63, 3.8) is 0 Å². The van der Waals surface area contributed by atoms with Crippen molar-refractivity contribution >= 4 is 17.9 Å². The molecule has 0 aliphatic carbocycles. The van der Waals surface area contributed by atoms with Gasteiger partial charge in [-0.1, -0.05) is 338 Å². The van der Waals surface area contributed by atoms with Crippen LogP contribution in [0.2, 0.25) is 0 Å². The van der Waals surface area contributed by atoms with Crippen LogP contribution in [-0.2, 0) is 28.6 Å². The molecule has 0 aromatic carbocycles. The van der Waals surface area contributed by atoms with E-state index in [0.717, 1.165) is 89.9 Å². The van der Waals surface area contributed by atoms with Gasteiger partial charge in [0.1, 0.15) is 13.2 Å². The molecule has 0 N–H and O–H groups in total. The monoisotopic (exact) mass is 1130 g/mol. The van der Waals surface area contributed by atoms with Crippen molar-refractivity contribution in [2.45, 2.75) is 386 Å². The van der Waals surface area contributed by atoms with Crippen molar-refractivity contribution in [1.29, 1.82) is 0 Å². The molecule has 0 aliphatic rings. The third kappa shape index (κ3) is 67.8. The Balaban J connectivity index is 4.27. The van der Waals surface area contributed by atoms with E-state index in [1.165, 1.54) is 250 Å². The largest absolute Gasteiger partial charge is 0.462 e. The SMILES string of the molecule is CC/C=C\C/C=C\C/C=C\CCCCCCCCCC(=O)OCC(COC(=O)CCCCCCCCCCCCCCCCCCCCCCCCCCCCC)OC(=O)CCCCCCCCCCC/C=C\C/C=C\CCCCC. The van der Waals surface area contributed by atoms with Crippen LogP contribution in [0.25, 0.3) is 0 Å². The van der Waals surface area contributed by atoms with E-state index in [0.29, 0.717) is 19.3 Å². The fraction of sp³-hybridized carbons (Fsp3) is 0.827. The smallest absolute Gasteiger partial charge is 0.306 e. The first kappa shape index (κ1) is 78.1. The first-order valence-corrected chi connectivity index (χ1v) is 35.8. The van der Waals surface area contributed by atoms with E-state index in [2.05, 4.69) is 81.5 Å². The number of unbranched alkanes of at least 4 members (excludes halogenated alkanes) is 45. The van der Waals surface area contributed by atoms with Gasteiger partial charge in [-0.05, 0) is 83.5 Å². The molecular weight excluding hydrogens is 997 g/mol.